The molecule has 2 heterocycles. The molecular weight excluding hydrogens is 467 g/mol. The molecule has 0 amide bonds. The van der Waals surface area contributed by atoms with E-state index in [4.69, 9.17) is 9.47 Å². The number of nitrogens with zero attached hydrogens (tertiary/aromatic N) is 1. The number of benzene rings is 3. The van der Waals surface area contributed by atoms with Gasteiger partial charge in [-0.3, -0.25) is 4.90 Å². The Morgan fingerprint density at radius 3 is 2.44 bits per heavy atom. The molecule has 5 rings (SSSR count). The molecule has 0 radical (unpaired) electrons. The molecule has 0 bridgehead atoms. The maximum absolute atomic E-state index is 13.4. The van der Waals surface area contributed by atoms with Crippen LogP contribution in [-0.2, 0) is 6.18 Å². The van der Waals surface area contributed by atoms with Crippen LogP contribution in [0.1, 0.15) is 53.4 Å². The van der Waals surface area contributed by atoms with Gasteiger partial charge in [0.2, 0.25) is 0 Å². The first-order chi connectivity index (χ1) is 17.4. The molecule has 190 valence electrons. The second-order valence-corrected chi connectivity index (χ2v) is 9.56. The largest absolute Gasteiger partial charge is 0.508 e. The zero-order chi connectivity index (χ0) is 25.1. The third-order valence-electron chi connectivity index (χ3n) is 7.16. The highest BCUT2D eigenvalue weighted by Gasteiger charge is 2.36. The molecule has 36 heavy (non-hydrogen) atoms. The highest BCUT2D eigenvalue weighted by Crippen LogP contribution is 2.47. The van der Waals surface area contributed by atoms with Crippen LogP contribution >= 0.6 is 0 Å². The number of fused-ring (bicyclic) bond motifs is 1. The predicted octanol–water partition coefficient (Wildman–Crippen LogP) is 6.58. The van der Waals surface area contributed by atoms with E-state index >= 15 is 0 Å². The third-order valence-corrected chi connectivity index (χ3v) is 7.16. The molecule has 0 saturated carbocycles. The van der Waals surface area contributed by atoms with Gasteiger partial charge >= 0.3 is 6.18 Å². The Hall–Kier alpha value is -3.19. The highest BCUT2D eigenvalue weighted by molar-refractivity contribution is 5.51. The summed E-state index contributed by atoms with van der Waals surface area (Å²) in [7, 11) is 0. The molecule has 3 aromatic rings. The first-order valence-electron chi connectivity index (χ1n) is 12.5. The molecule has 3 aromatic carbocycles. The van der Waals surface area contributed by atoms with Crippen molar-refractivity contribution in [1.29, 1.82) is 0 Å². The normalized spacial score (nSPS) is 20.4. The van der Waals surface area contributed by atoms with Gasteiger partial charge in [-0.1, -0.05) is 42.8 Å². The molecular formula is C29H30F3NO3. The van der Waals surface area contributed by atoms with Crippen LogP contribution in [0.25, 0.3) is 0 Å². The van der Waals surface area contributed by atoms with Crippen molar-refractivity contribution < 1.29 is 27.8 Å². The van der Waals surface area contributed by atoms with E-state index in [1.807, 2.05) is 24.3 Å². The van der Waals surface area contributed by atoms with Gasteiger partial charge in [0.15, 0.2) is 0 Å². The van der Waals surface area contributed by atoms with Crippen LogP contribution in [-0.4, -0.2) is 42.9 Å². The lowest BCUT2D eigenvalue weighted by molar-refractivity contribution is -0.137. The Bertz CT molecular complexity index is 1170. The molecule has 0 aliphatic carbocycles. The van der Waals surface area contributed by atoms with Gasteiger partial charge in [0, 0.05) is 30.0 Å². The van der Waals surface area contributed by atoms with Crippen LogP contribution in [0, 0.1) is 0 Å². The van der Waals surface area contributed by atoms with E-state index < -0.39 is 11.7 Å². The maximum atomic E-state index is 13.4. The summed E-state index contributed by atoms with van der Waals surface area (Å²) in [4.78, 5) is 2.42. The van der Waals surface area contributed by atoms with Gasteiger partial charge in [-0.15, -0.1) is 0 Å². The van der Waals surface area contributed by atoms with Crippen LogP contribution in [0.4, 0.5) is 13.2 Å². The lowest BCUT2D eigenvalue weighted by atomic mass is 9.75. The molecule has 0 unspecified atom stereocenters. The van der Waals surface area contributed by atoms with E-state index in [0.29, 0.717) is 17.9 Å². The van der Waals surface area contributed by atoms with E-state index in [1.165, 1.54) is 31.4 Å². The number of hydrogen-bond acceptors (Lipinski definition) is 4. The van der Waals surface area contributed by atoms with E-state index in [1.54, 1.807) is 24.3 Å². The second-order valence-electron chi connectivity index (χ2n) is 9.56. The molecule has 2 aliphatic rings. The summed E-state index contributed by atoms with van der Waals surface area (Å²) < 4.78 is 52.2. The highest BCUT2D eigenvalue weighted by atomic mass is 19.4. The van der Waals surface area contributed by atoms with Crippen molar-refractivity contribution in [2.24, 2.45) is 0 Å². The van der Waals surface area contributed by atoms with Crippen molar-refractivity contribution >= 4 is 0 Å². The number of alkyl halides is 3. The molecule has 1 N–H and O–H groups in total. The minimum atomic E-state index is -4.42. The standard InChI is InChI=1S/C29H30F3NO3/c30-29(31,32)22-6-4-5-21(17-22)26-19-36-27-18-23(34)9-12-25(27)28(26)20-7-10-24(11-8-20)35-16-15-33-13-2-1-3-14-33/h4-12,17-18,26,28,34H,1-3,13-16,19H2/t26-,28-/m0/s1. The van der Waals surface area contributed by atoms with Crippen molar-refractivity contribution in [3.63, 3.8) is 0 Å². The summed E-state index contributed by atoms with van der Waals surface area (Å²) in [6.07, 6.45) is -0.634. The monoisotopic (exact) mass is 497 g/mol. The summed E-state index contributed by atoms with van der Waals surface area (Å²) >= 11 is 0. The number of halogens is 3. The fraction of sp³-hybridized carbons (Fsp3) is 0.379. The maximum Gasteiger partial charge on any atom is 0.416 e. The number of likely N-dealkylation sites (tertiary alicyclic amines) is 1. The topological polar surface area (TPSA) is 41.9 Å². The number of rotatable bonds is 6. The predicted molar refractivity (Wildman–Crippen MR) is 132 cm³/mol. The van der Waals surface area contributed by atoms with Crippen LogP contribution in [0.2, 0.25) is 0 Å². The molecule has 2 aliphatic heterocycles. The molecule has 2 atom stereocenters. The SMILES string of the molecule is Oc1ccc2c(c1)OC[C@@H](c1cccc(C(F)(F)F)c1)[C@H]2c1ccc(OCCN2CCCCC2)cc1. The Kier molecular flexibility index (Phi) is 7.10. The minimum absolute atomic E-state index is 0.0856. The van der Waals surface area contributed by atoms with E-state index in [2.05, 4.69) is 4.90 Å². The summed E-state index contributed by atoms with van der Waals surface area (Å²) in [6, 6.07) is 18.2. The van der Waals surface area contributed by atoms with Crippen LogP contribution in [0.3, 0.4) is 0 Å². The summed E-state index contributed by atoms with van der Waals surface area (Å²) in [6.45, 7) is 3.97. The minimum Gasteiger partial charge on any atom is -0.508 e. The Labute approximate surface area is 209 Å². The lowest BCUT2D eigenvalue weighted by Crippen LogP contribution is -2.33. The van der Waals surface area contributed by atoms with Gasteiger partial charge in [-0.05, 0) is 61.3 Å². The quantitative estimate of drug-likeness (QED) is 0.418. The number of phenols is 1. The van der Waals surface area contributed by atoms with E-state index in [9.17, 15) is 18.3 Å². The van der Waals surface area contributed by atoms with Crippen molar-refractivity contribution in [3.05, 3.63) is 89.0 Å². The van der Waals surface area contributed by atoms with Crippen LogP contribution < -0.4 is 9.47 Å². The van der Waals surface area contributed by atoms with Gasteiger partial charge in [-0.25, -0.2) is 0 Å². The molecule has 1 fully saturated rings. The number of ether oxygens (including phenoxy) is 2. The van der Waals surface area contributed by atoms with Gasteiger partial charge in [-0.2, -0.15) is 13.2 Å². The van der Waals surface area contributed by atoms with Gasteiger partial charge in [0.1, 0.15) is 23.9 Å². The lowest BCUT2D eigenvalue weighted by Gasteiger charge is -2.35. The van der Waals surface area contributed by atoms with Crippen molar-refractivity contribution in [2.45, 2.75) is 37.3 Å². The number of hydrogen-bond donors (Lipinski definition) is 1. The molecule has 7 heteroatoms. The number of aromatic hydroxyl groups is 1. The first kappa shape index (κ1) is 24.5. The second kappa shape index (κ2) is 10.4. The van der Waals surface area contributed by atoms with Gasteiger partial charge in [0.25, 0.3) is 0 Å². The Morgan fingerprint density at radius 1 is 0.917 bits per heavy atom. The number of piperidine rings is 1. The Morgan fingerprint density at radius 2 is 1.69 bits per heavy atom. The van der Waals surface area contributed by atoms with Crippen molar-refractivity contribution in [2.75, 3.05) is 32.8 Å². The molecule has 1 saturated heterocycles. The van der Waals surface area contributed by atoms with Crippen LogP contribution in [0.5, 0.6) is 17.2 Å². The zero-order valence-corrected chi connectivity index (χ0v) is 20.0. The molecule has 0 spiro atoms. The van der Waals surface area contributed by atoms with Crippen molar-refractivity contribution in [3.8, 4) is 17.2 Å². The van der Waals surface area contributed by atoms with Crippen LogP contribution in [0.15, 0.2) is 66.7 Å². The first-order valence-corrected chi connectivity index (χ1v) is 12.5. The smallest absolute Gasteiger partial charge is 0.416 e. The van der Waals surface area contributed by atoms with E-state index in [0.717, 1.165) is 42.6 Å². The fourth-order valence-electron chi connectivity index (χ4n) is 5.29. The number of phenolic OH excluding ortho intramolecular Hbond substituents is 1. The summed E-state index contributed by atoms with van der Waals surface area (Å²) in [5.74, 6) is 0.840. The van der Waals surface area contributed by atoms with E-state index in [-0.39, 0.29) is 24.2 Å². The zero-order valence-electron chi connectivity index (χ0n) is 20.0. The van der Waals surface area contributed by atoms with Crippen molar-refractivity contribution in [1.82, 2.24) is 4.90 Å². The fourth-order valence-corrected chi connectivity index (χ4v) is 5.29. The average molecular weight is 498 g/mol. The summed E-state index contributed by atoms with van der Waals surface area (Å²) in [5, 5.41) is 9.94. The average Bonchev–Trinajstić information content (AvgIpc) is 2.88. The molecule has 4 nitrogen and oxygen atoms in total. The Balaban J connectivity index is 1.40. The van der Waals surface area contributed by atoms with Gasteiger partial charge < -0.3 is 14.6 Å². The summed E-state index contributed by atoms with van der Waals surface area (Å²) in [5.41, 5.74) is 1.68. The molecule has 0 aromatic heterocycles. The third kappa shape index (κ3) is 5.46. The van der Waals surface area contributed by atoms with Gasteiger partial charge in [0.05, 0.1) is 12.2 Å².